The largest absolute Gasteiger partial charge is 0.487 e. The fourth-order valence-corrected chi connectivity index (χ4v) is 3.49. The van der Waals surface area contributed by atoms with Crippen LogP contribution in [0.1, 0.15) is 40.2 Å². The van der Waals surface area contributed by atoms with E-state index in [9.17, 15) is 0 Å². The van der Waals surface area contributed by atoms with Crippen LogP contribution in [0, 0.1) is 27.7 Å². The summed E-state index contributed by atoms with van der Waals surface area (Å²) in [5.41, 5.74) is 6.86. The molecule has 5 heteroatoms. The highest BCUT2D eigenvalue weighted by Crippen LogP contribution is 2.25. The van der Waals surface area contributed by atoms with Gasteiger partial charge in [0.2, 0.25) is 0 Å². The number of rotatable bonds is 9. The third-order valence-electron chi connectivity index (χ3n) is 4.77. The topological polar surface area (TPSA) is 52.0 Å². The van der Waals surface area contributed by atoms with Crippen molar-refractivity contribution in [1.82, 2.24) is 20.1 Å². The van der Waals surface area contributed by atoms with Crippen molar-refractivity contribution in [3.8, 4) is 5.75 Å². The zero-order chi connectivity index (χ0) is 19.9. The van der Waals surface area contributed by atoms with E-state index in [4.69, 9.17) is 4.74 Å². The summed E-state index contributed by atoms with van der Waals surface area (Å²) in [4.78, 5) is 4.32. The molecule has 0 unspecified atom stereocenters. The maximum atomic E-state index is 6.02. The van der Waals surface area contributed by atoms with Crippen molar-refractivity contribution in [2.45, 2.75) is 53.8 Å². The van der Waals surface area contributed by atoms with Crippen LogP contribution in [-0.2, 0) is 19.7 Å². The summed E-state index contributed by atoms with van der Waals surface area (Å²) in [6, 6.07) is 12.4. The molecule has 1 N–H and O–H groups in total. The van der Waals surface area contributed by atoms with Crippen molar-refractivity contribution in [2.24, 2.45) is 0 Å². The quantitative estimate of drug-likeness (QED) is 0.565. The number of nitrogens with one attached hydrogen (secondary N) is 1. The van der Waals surface area contributed by atoms with Gasteiger partial charge in [-0.1, -0.05) is 18.2 Å². The van der Waals surface area contributed by atoms with Crippen molar-refractivity contribution in [2.75, 3.05) is 6.54 Å². The summed E-state index contributed by atoms with van der Waals surface area (Å²) in [5, 5.41) is 8.05. The Labute approximate surface area is 167 Å². The van der Waals surface area contributed by atoms with Crippen molar-refractivity contribution in [3.63, 3.8) is 0 Å². The first-order valence-electron chi connectivity index (χ1n) is 9.87. The van der Waals surface area contributed by atoms with E-state index in [1.165, 1.54) is 11.3 Å². The second-order valence-electron chi connectivity index (χ2n) is 7.35. The highest BCUT2D eigenvalue weighted by molar-refractivity contribution is 5.43. The summed E-state index contributed by atoms with van der Waals surface area (Å²) in [6.45, 7) is 11.6. The molecule has 0 atom stereocenters. The molecule has 0 saturated heterocycles. The Balaban J connectivity index is 1.47. The lowest BCUT2D eigenvalue weighted by atomic mass is 10.1. The van der Waals surface area contributed by atoms with Crippen LogP contribution in [0.5, 0.6) is 5.75 Å². The zero-order valence-corrected chi connectivity index (χ0v) is 17.3. The minimum absolute atomic E-state index is 0.492. The Morgan fingerprint density at radius 1 is 1.04 bits per heavy atom. The predicted octanol–water partition coefficient (Wildman–Crippen LogP) is 4.27. The highest BCUT2D eigenvalue weighted by Gasteiger charge is 2.07. The number of hydrogen-bond acceptors (Lipinski definition) is 4. The normalized spacial score (nSPS) is 11.0. The third kappa shape index (κ3) is 5.42. The molecule has 0 aliphatic rings. The Hall–Kier alpha value is -2.66. The second-order valence-corrected chi connectivity index (χ2v) is 7.35. The predicted molar refractivity (Wildman–Crippen MR) is 113 cm³/mol. The van der Waals surface area contributed by atoms with Gasteiger partial charge in [-0.3, -0.25) is 9.67 Å². The summed E-state index contributed by atoms with van der Waals surface area (Å²) < 4.78 is 8.10. The van der Waals surface area contributed by atoms with Gasteiger partial charge in [0, 0.05) is 25.0 Å². The van der Waals surface area contributed by atoms with Gasteiger partial charge in [0.25, 0.3) is 0 Å². The summed E-state index contributed by atoms with van der Waals surface area (Å²) in [5.74, 6) is 0.957. The number of aromatic nitrogens is 3. The molecule has 2 aromatic heterocycles. The minimum atomic E-state index is 0.492. The molecule has 0 amide bonds. The van der Waals surface area contributed by atoms with E-state index >= 15 is 0 Å². The van der Waals surface area contributed by atoms with Gasteiger partial charge in [0.1, 0.15) is 12.4 Å². The van der Waals surface area contributed by atoms with Crippen molar-refractivity contribution >= 4 is 0 Å². The van der Waals surface area contributed by atoms with Crippen LogP contribution in [0.2, 0.25) is 0 Å². The lowest BCUT2D eigenvalue weighted by molar-refractivity contribution is 0.297. The average Bonchev–Trinajstić information content (AvgIpc) is 2.99. The number of benzene rings is 1. The van der Waals surface area contributed by atoms with E-state index in [0.29, 0.717) is 6.61 Å². The first-order valence-corrected chi connectivity index (χ1v) is 9.87. The van der Waals surface area contributed by atoms with Gasteiger partial charge in [0.05, 0.1) is 11.4 Å². The van der Waals surface area contributed by atoms with Gasteiger partial charge < -0.3 is 10.1 Å². The minimum Gasteiger partial charge on any atom is -0.487 e. The number of pyridine rings is 1. The van der Waals surface area contributed by atoms with E-state index in [1.807, 2.05) is 25.1 Å². The SMILES string of the molecule is Cc1cc(C)n(CCCNCc2cc(C)c(OCc3ccccn3)c(C)c2)n1. The lowest BCUT2D eigenvalue weighted by Gasteiger charge is -2.14. The van der Waals surface area contributed by atoms with E-state index in [-0.39, 0.29) is 0 Å². The maximum absolute atomic E-state index is 6.02. The molecule has 0 radical (unpaired) electrons. The molecule has 148 valence electrons. The molecular weight excluding hydrogens is 348 g/mol. The number of ether oxygens (including phenoxy) is 1. The van der Waals surface area contributed by atoms with E-state index in [0.717, 1.165) is 54.3 Å². The zero-order valence-electron chi connectivity index (χ0n) is 17.3. The molecule has 0 aliphatic heterocycles. The van der Waals surface area contributed by atoms with E-state index in [2.05, 4.69) is 59.1 Å². The molecule has 0 spiro atoms. The standard InChI is InChI=1S/C23H30N4O/c1-17-12-21(15-24-9-7-11-27-20(4)14-19(3)26-27)13-18(2)23(17)28-16-22-8-5-6-10-25-22/h5-6,8,10,12-14,24H,7,9,11,15-16H2,1-4H3. The lowest BCUT2D eigenvalue weighted by Crippen LogP contribution is -2.17. The maximum Gasteiger partial charge on any atom is 0.130 e. The van der Waals surface area contributed by atoms with Crippen molar-refractivity contribution in [1.29, 1.82) is 0 Å². The molecular formula is C23H30N4O. The fourth-order valence-electron chi connectivity index (χ4n) is 3.49. The van der Waals surface area contributed by atoms with Gasteiger partial charge in [-0.2, -0.15) is 5.10 Å². The Kier molecular flexibility index (Phi) is 6.82. The van der Waals surface area contributed by atoms with Gasteiger partial charge >= 0.3 is 0 Å². The van der Waals surface area contributed by atoms with Crippen LogP contribution in [0.25, 0.3) is 0 Å². The Morgan fingerprint density at radius 2 is 1.82 bits per heavy atom. The first-order chi connectivity index (χ1) is 13.5. The number of nitrogens with zero attached hydrogens (tertiary/aromatic N) is 3. The van der Waals surface area contributed by atoms with Gasteiger partial charge in [-0.15, -0.1) is 0 Å². The molecule has 5 nitrogen and oxygen atoms in total. The van der Waals surface area contributed by atoms with Gasteiger partial charge in [0.15, 0.2) is 0 Å². The van der Waals surface area contributed by atoms with Crippen LogP contribution in [0.15, 0.2) is 42.6 Å². The van der Waals surface area contributed by atoms with Gasteiger partial charge in [-0.25, -0.2) is 0 Å². The molecule has 28 heavy (non-hydrogen) atoms. The van der Waals surface area contributed by atoms with E-state index < -0.39 is 0 Å². The molecule has 0 saturated carbocycles. The molecule has 3 aromatic rings. The van der Waals surface area contributed by atoms with Gasteiger partial charge in [-0.05, 0) is 75.5 Å². The van der Waals surface area contributed by atoms with Crippen LogP contribution < -0.4 is 10.1 Å². The van der Waals surface area contributed by atoms with Crippen LogP contribution in [0.3, 0.4) is 0 Å². The number of aryl methyl sites for hydroxylation is 5. The fraction of sp³-hybridized carbons (Fsp3) is 0.391. The molecule has 0 fully saturated rings. The molecule has 2 heterocycles. The smallest absolute Gasteiger partial charge is 0.130 e. The van der Waals surface area contributed by atoms with Crippen LogP contribution in [-0.4, -0.2) is 21.3 Å². The number of hydrogen-bond donors (Lipinski definition) is 1. The second kappa shape index (κ2) is 9.51. The van der Waals surface area contributed by atoms with Crippen LogP contribution >= 0.6 is 0 Å². The molecule has 0 bridgehead atoms. The average molecular weight is 379 g/mol. The monoisotopic (exact) mass is 378 g/mol. The molecule has 0 aliphatic carbocycles. The summed E-state index contributed by atoms with van der Waals surface area (Å²) >= 11 is 0. The van der Waals surface area contributed by atoms with Crippen molar-refractivity contribution in [3.05, 3.63) is 76.4 Å². The third-order valence-corrected chi connectivity index (χ3v) is 4.77. The Bertz CT molecular complexity index is 879. The highest BCUT2D eigenvalue weighted by atomic mass is 16.5. The molecule has 1 aromatic carbocycles. The first kappa shape index (κ1) is 20.1. The van der Waals surface area contributed by atoms with Crippen molar-refractivity contribution < 1.29 is 4.74 Å². The Morgan fingerprint density at radius 3 is 2.46 bits per heavy atom. The van der Waals surface area contributed by atoms with Crippen LogP contribution in [0.4, 0.5) is 0 Å². The summed E-state index contributed by atoms with van der Waals surface area (Å²) in [7, 11) is 0. The molecule has 3 rings (SSSR count). The van der Waals surface area contributed by atoms with E-state index in [1.54, 1.807) is 6.20 Å². The summed E-state index contributed by atoms with van der Waals surface area (Å²) in [6.07, 6.45) is 2.85.